The van der Waals surface area contributed by atoms with Gasteiger partial charge in [0.15, 0.2) is 11.0 Å². The minimum absolute atomic E-state index is 0.168. The molecule has 7 nitrogen and oxygen atoms in total. The van der Waals surface area contributed by atoms with Gasteiger partial charge in [-0.2, -0.15) is 0 Å². The van der Waals surface area contributed by atoms with E-state index in [0.29, 0.717) is 28.2 Å². The standard InChI is InChI=1S/C20H22N4O3S/c1-4-13-5-7-14(8-6-13)19-22-20(24-23-19)28-12-18(25)21-16-10-9-15(26-2)11-17(16)27-3/h5-11H,4,12H2,1-3H3,(H,21,25)(H,22,23,24). The summed E-state index contributed by atoms with van der Waals surface area (Å²) in [4.78, 5) is 15.4. The summed E-state index contributed by atoms with van der Waals surface area (Å²) in [7, 11) is 3.12. The average molecular weight is 398 g/mol. The fraction of sp³-hybridized carbons (Fsp3) is 0.250. The molecule has 1 amide bonds. The fourth-order valence-corrected chi connectivity index (χ4v) is 3.17. The summed E-state index contributed by atoms with van der Waals surface area (Å²) in [6.45, 7) is 2.12. The number of benzene rings is 2. The van der Waals surface area contributed by atoms with Crippen molar-refractivity contribution >= 4 is 23.4 Å². The van der Waals surface area contributed by atoms with E-state index in [9.17, 15) is 4.79 Å². The number of rotatable bonds is 8. The van der Waals surface area contributed by atoms with Gasteiger partial charge in [-0.05, 0) is 24.1 Å². The number of amides is 1. The van der Waals surface area contributed by atoms with Crippen LogP contribution in [0.15, 0.2) is 47.6 Å². The molecular formula is C20H22N4O3S. The molecule has 0 saturated carbocycles. The molecule has 0 saturated heterocycles. The third-order valence-corrected chi connectivity index (χ3v) is 4.99. The molecule has 0 fully saturated rings. The molecule has 0 aliphatic heterocycles. The zero-order valence-electron chi connectivity index (χ0n) is 16.0. The van der Waals surface area contributed by atoms with Crippen molar-refractivity contribution in [3.63, 3.8) is 0 Å². The molecule has 0 atom stereocenters. The van der Waals surface area contributed by atoms with Crippen molar-refractivity contribution in [2.75, 3.05) is 25.3 Å². The molecule has 0 aliphatic carbocycles. The van der Waals surface area contributed by atoms with Crippen LogP contribution >= 0.6 is 11.8 Å². The largest absolute Gasteiger partial charge is 0.497 e. The van der Waals surface area contributed by atoms with Crippen LogP contribution in [-0.2, 0) is 11.2 Å². The quantitative estimate of drug-likeness (QED) is 0.561. The van der Waals surface area contributed by atoms with Crippen LogP contribution < -0.4 is 14.8 Å². The van der Waals surface area contributed by atoms with Crippen molar-refractivity contribution in [3.05, 3.63) is 48.0 Å². The van der Waals surface area contributed by atoms with E-state index in [4.69, 9.17) is 9.47 Å². The fourth-order valence-electron chi connectivity index (χ4n) is 2.56. The molecular weight excluding hydrogens is 376 g/mol. The van der Waals surface area contributed by atoms with Crippen molar-refractivity contribution in [1.29, 1.82) is 0 Å². The number of carbonyl (C=O) groups excluding carboxylic acids is 1. The second kappa shape index (κ2) is 9.27. The summed E-state index contributed by atoms with van der Waals surface area (Å²) in [5, 5.41) is 11.7. The number of carbonyl (C=O) groups is 1. The molecule has 1 heterocycles. The first-order chi connectivity index (χ1) is 13.6. The van der Waals surface area contributed by atoms with Crippen molar-refractivity contribution in [3.8, 4) is 22.9 Å². The van der Waals surface area contributed by atoms with Gasteiger partial charge in [0.05, 0.1) is 25.7 Å². The molecule has 146 valence electrons. The first kappa shape index (κ1) is 19.8. The Morgan fingerprint density at radius 2 is 1.89 bits per heavy atom. The number of H-pyrrole nitrogens is 1. The predicted molar refractivity (Wildman–Crippen MR) is 110 cm³/mol. The van der Waals surface area contributed by atoms with Crippen molar-refractivity contribution in [2.45, 2.75) is 18.5 Å². The maximum atomic E-state index is 12.3. The molecule has 8 heteroatoms. The van der Waals surface area contributed by atoms with E-state index in [-0.39, 0.29) is 11.7 Å². The number of thioether (sulfide) groups is 1. The van der Waals surface area contributed by atoms with Crippen LogP contribution in [0.25, 0.3) is 11.4 Å². The highest BCUT2D eigenvalue weighted by Crippen LogP contribution is 2.29. The van der Waals surface area contributed by atoms with Gasteiger partial charge in [-0.25, -0.2) is 0 Å². The third-order valence-electron chi connectivity index (χ3n) is 4.12. The zero-order valence-corrected chi connectivity index (χ0v) is 16.8. The van der Waals surface area contributed by atoms with Crippen LogP contribution in [0.2, 0.25) is 0 Å². The van der Waals surface area contributed by atoms with Gasteiger partial charge in [-0.3, -0.25) is 4.79 Å². The summed E-state index contributed by atoms with van der Waals surface area (Å²) in [5.41, 5.74) is 2.82. The van der Waals surface area contributed by atoms with E-state index < -0.39 is 0 Å². The first-order valence-electron chi connectivity index (χ1n) is 8.79. The van der Waals surface area contributed by atoms with Crippen molar-refractivity contribution < 1.29 is 14.3 Å². The first-order valence-corrected chi connectivity index (χ1v) is 9.78. The smallest absolute Gasteiger partial charge is 0.234 e. The lowest BCUT2D eigenvalue weighted by Crippen LogP contribution is -2.14. The second-order valence-electron chi connectivity index (χ2n) is 5.93. The van der Waals surface area contributed by atoms with Gasteiger partial charge in [0.25, 0.3) is 0 Å². The van der Waals surface area contributed by atoms with Gasteiger partial charge in [0, 0.05) is 11.6 Å². The maximum absolute atomic E-state index is 12.3. The Balaban J connectivity index is 1.58. The van der Waals surface area contributed by atoms with Crippen LogP contribution in [0.5, 0.6) is 11.5 Å². The Bertz CT molecular complexity index is 941. The van der Waals surface area contributed by atoms with Gasteiger partial charge in [-0.1, -0.05) is 43.0 Å². The van der Waals surface area contributed by atoms with Gasteiger partial charge in [0.2, 0.25) is 5.91 Å². The van der Waals surface area contributed by atoms with Crippen molar-refractivity contribution in [2.24, 2.45) is 0 Å². The molecule has 28 heavy (non-hydrogen) atoms. The minimum Gasteiger partial charge on any atom is -0.497 e. The van der Waals surface area contributed by atoms with Crippen molar-refractivity contribution in [1.82, 2.24) is 15.2 Å². The van der Waals surface area contributed by atoms with Crippen LogP contribution in [0.1, 0.15) is 12.5 Å². The summed E-state index contributed by atoms with van der Waals surface area (Å²) in [5.74, 6) is 1.90. The van der Waals surface area contributed by atoms with Crippen LogP contribution in [0.3, 0.4) is 0 Å². The number of hydrogen-bond donors (Lipinski definition) is 2. The molecule has 2 aromatic carbocycles. The molecule has 3 aromatic rings. The molecule has 0 unspecified atom stereocenters. The topological polar surface area (TPSA) is 89.1 Å². The summed E-state index contributed by atoms with van der Waals surface area (Å²) in [6.07, 6.45) is 0.992. The molecule has 1 aromatic heterocycles. The second-order valence-corrected chi connectivity index (χ2v) is 6.90. The third kappa shape index (κ3) is 4.83. The highest BCUT2D eigenvalue weighted by Gasteiger charge is 2.12. The Hall–Kier alpha value is -3.00. The van der Waals surface area contributed by atoms with E-state index >= 15 is 0 Å². The van der Waals surface area contributed by atoms with Gasteiger partial charge < -0.3 is 19.8 Å². The summed E-state index contributed by atoms with van der Waals surface area (Å²) >= 11 is 1.29. The van der Waals surface area contributed by atoms with E-state index in [1.165, 1.54) is 17.3 Å². The number of hydrogen-bond acceptors (Lipinski definition) is 6. The number of nitrogens with one attached hydrogen (secondary N) is 2. The average Bonchev–Trinajstić information content (AvgIpc) is 3.21. The molecule has 2 N–H and O–H groups in total. The lowest BCUT2D eigenvalue weighted by atomic mass is 10.1. The van der Waals surface area contributed by atoms with Crippen LogP contribution in [-0.4, -0.2) is 41.1 Å². The monoisotopic (exact) mass is 398 g/mol. The summed E-state index contributed by atoms with van der Waals surface area (Å²) < 4.78 is 10.4. The number of nitrogens with zero attached hydrogens (tertiary/aromatic N) is 2. The SMILES string of the molecule is CCc1ccc(-c2nnc(SCC(=O)Nc3ccc(OC)cc3OC)[nH]2)cc1. The van der Waals surface area contributed by atoms with Gasteiger partial charge in [-0.15, -0.1) is 10.2 Å². The zero-order chi connectivity index (χ0) is 19.9. The van der Waals surface area contributed by atoms with E-state index in [1.54, 1.807) is 32.4 Å². The Morgan fingerprint density at radius 1 is 1.11 bits per heavy atom. The Labute approximate surface area is 167 Å². The number of aromatic amines is 1. The lowest BCUT2D eigenvalue weighted by Gasteiger charge is -2.11. The normalized spacial score (nSPS) is 10.5. The molecule has 3 rings (SSSR count). The minimum atomic E-state index is -0.168. The predicted octanol–water partition coefficient (Wildman–Crippen LogP) is 3.78. The Morgan fingerprint density at radius 3 is 2.57 bits per heavy atom. The number of aryl methyl sites for hydroxylation is 1. The molecule has 0 radical (unpaired) electrons. The number of ether oxygens (including phenoxy) is 2. The number of anilines is 1. The van der Waals surface area contributed by atoms with E-state index in [0.717, 1.165) is 12.0 Å². The maximum Gasteiger partial charge on any atom is 0.234 e. The van der Waals surface area contributed by atoms with E-state index in [1.807, 2.05) is 12.1 Å². The molecule has 0 spiro atoms. The summed E-state index contributed by atoms with van der Waals surface area (Å²) in [6, 6.07) is 13.4. The van der Waals surface area contributed by atoms with E-state index in [2.05, 4.69) is 39.6 Å². The molecule has 0 bridgehead atoms. The van der Waals surface area contributed by atoms with Gasteiger partial charge in [0.1, 0.15) is 11.5 Å². The number of aromatic nitrogens is 3. The molecule has 0 aliphatic rings. The number of methoxy groups -OCH3 is 2. The highest BCUT2D eigenvalue weighted by atomic mass is 32.2. The van der Waals surface area contributed by atoms with Crippen LogP contribution in [0, 0.1) is 0 Å². The lowest BCUT2D eigenvalue weighted by molar-refractivity contribution is -0.113. The Kier molecular flexibility index (Phi) is 6.54. The highest BCUT2D eigenvalue weighted by molar-refractivity contribution is 7.99. The van der Waals surface area contributed by atoms with Gasteiger partial charge >= 0.3 is 0 Å². The van der Waals surface area contributed by atoms with Crippen LogP contribution in [0.4, 0.5) is 5.69 Å².